The van der Waals surface area contributed by atoms with Crippen molar-refractivity contribution >= 4 is 5.97 Å². The number of carboxylic acid groups (broad SMARTS) is 1. The molecule has 1 aliphatic heterocycles. The van der Waals surface area contributed by atoms with Crippen LogP contribution < -0.4 is 0 Å². The molecule has 0 spiro atoms. The molecule has 8 heteroatoms. The number of fused-ring (bicyclic) bond motifs is 1. The molecule has 0 aliphatic carbocycles. The van der Waals surface area contributed by atoms with Crippen LogP contribution >= 0.6 is 0 Å². The molecule has 1 aliphatic rings. The van der Waals surface area contributed by atoms with Crippen LogP contribution in [0.3, 0.4) is 0 Å². The summed E-state index contributed by atoms with van der Waals surface area (Å²) >= 11 is 0. The van der Waals surface area contributed by atoms with Crippen LogP contribution in [0.1, 0.15) is 22.8 Å². The van der Waals surface area contributed by atoms with E-state index in [1.807, 2.05) is 36.1 Å². The van der Waals surface area contributed by atoms with Crippen molar-refractivity contribution in [1.29, 1.82) is 0 Å². The predicted octanol–water partition coefficient (Wildman–Crippen LogP) is 1.78. The molecule has 4 rings (SSSR count). The molecule has 8 nitrogen and oxygen atoms in total. The zero-order valence-electron chi connectivity index (χ0n) is 13.6. The summed E-state index contributed by atoms with van der Waals surface area (Å²) in [5.74, 6) is 0.0156. The molecular weight excluding hydrogens is 322 g/mol. The number of aromatic amines is 1. The van der Waals surface area contributed by atoms with Gasteiger partial charge in [0.15, 0.2) is 5.82 Å². The van der Waals surface area contributed by atoms with Crippen LogP contribution in [0.25, 0.3) is 11.5 Å². The fourth-order valence-electron chi connectivity index (χ4n) is 3.01. The lowest BCUT2D eigenvalue weighted by molar-refractivity contribution is -0.144. The second-order valence-corrected chi connectivity index (χ2v) is 6.17. The summed E-state index contributed by atoms with van der Waals surface area (Å²) in [5.41, 5.74) is 3.72. The number of hydrogen-bond donors (Lipinski definition) is 2. The second kappa shape index (κ2) is 6.14. The minimum absolute atomic E-state index is 0.296. The molecule has 0 bridgehead atoms. The molecule has 128 valence electrons. The van der Waals surface area contributed by atoms with Gasteiger partial charge in [-0.25, -0.2) is 4.98 Å². The van der Waals surface area contributed by atoms with Gasteiger partial charge >= 0.3 is 5.97 Å². The number of aryl methyl sites for hydroxylation is 1. The minimum atomic E-state index is -0.879. The summed E-state index contributed by atoms with van der Waals surface area (Å²) in [4.78, 5) is 25.1. The lowest BCUT2D eigenvalue weighted by atomic mass is 10.0. The maximum atomic E-state index is 11.6. The van der Waals surface area contributed by atoms with Crippen LogP contribution in [0.4, 0.5) is 0 Å². The summed E-state index contributed by atoms with van der Waals surface area (Å²) < 4.78 is 5.33. The first kappa shape index (κ1) is 15.5. The molecule has 0 radical (unpaired) electrons. The van der Waals surface area contributed by atoms with Crippen molar-refractivity contribution in [3.8, 4) is 11.5 Å². The fraction of sp³-hybridized carbons (Fsp3) is 0.294. The Morgan fingerprint density at radius 1 is 1.40 bits per heavy atom. The molecule has 2 aromatic heterocycles. The molecule has 0 fully saturated rings. The van der Waals surface area contributed by atoms with Crippen molar-refractivity contribution < 1.29 is 14.4 Å². The Morgan fingerprint density at radius 2 is 2.20 bits per heavy atom. The van der Waals surface area contributed by atoms with E-state index in [-0.39, 0.29) is 0 Å². The Morgan fingerprint density at radius 3 is 2.96 bits per heavy atom. The summed E-state index contributed by atoms with van der Waals surface area (Å²) in [7, 11) is 0. The number of aromatic nitrogens is 4. The molecule has 0 saturated carbocycles. The average molecular weight is 339 g/mol. The molecule has 3 aromatic rings. The second-order valence-electron chi connectivity index (χ2n) is 6.17. The Bertz CT molecular complexity index is 899. The number of imidazole rings is 1. The number of benzene rings is 1. The monoisotopic (exact) mass is 339 g/mol. The van der Waals surface area contributed by atoms with Crippen LogP contribution in [0.15, 0.2) is 35.1 Å². The first-order valence-corrected chi connectivity index (χ1v) is 7.98. The third-order valence-corrected chi connectivity index (χ3v) is 4.39. The first-order valence-electron chi connectivity index (χ1n) is 7.98. The third kappa shape index (κ3) is 3.03. The van der Waals surface area contributed by atoms with Gasteiger partial charge in [-0.15, -0.1) is 0 Å². The molecule has 1 unspecified atom stereocenters. The van der Waals surface area contributed by atoms with Crippen molar-refractivity contribution in [2.75, 3.05) is 0 Å². The van der Waals surface area contributed by atoms with E-state index in [9.17, 15) is 9.90 Å². The molecule has 25 heavy (non-hydrogen) atoms. The van der Waals surface area contributed by atoms with E-state index in [1.54, 1.807) is 6.33 Å². The summed E-state index contributed by atoms with van der Waals surface area (Å²) in [6, 6.07) is 7.14. The number of nitrogens with zero attached hydrogens (tertiary/aromatic N) is 4. The highest BCUT2D eigenvalue weighted by Crippen LogP contribution is 2.23. The summed E-state index contributed by atoms with van der Waals surface area (Å²) in [6.45, 7) is 2.76. The van der Waals surface area contributed by atoms with Crippen molar-refractivity contribution in [3.63, 3.8) is 0 Å². The van der Waals surface area contributed by atoms with Crippen LogP contribution in [0.5, 0.6) is 0 Å². The van der Waals surface area contributed by atoms with Crippen molar-refractivity contribution in [2.45, 2.75) is 32.5 Å². The van der Waals surface area contributed by atoms with Crippen LogP contribution in [0.2, 0.25) is 0 Å². The predicted molar refractivity (Wildman–Crippen MR) is 87.4 cm³/mol. The SMILES string of the molecule is Cc1ccc(-c2nc(CN3Cc4[nH]cnc4CC3C(=O)O)no2)cc1. The first-order chi connectivity index (χ1) is 12.1. The van der Waals surface area contributed by atoms with Gasteiger partial charge in [0.1, 0.15) is 6.04 Å². The van der Waals surface area contributed by atoms with Gasteiger partial charge in [0, 0.05) is 18.5 Å². The quantitative estimate of drug-likeness (QED) is 0.746. The lowest BCUT2D eigenvalue weighted by Crippen LogP contribution is -2.45. The lowest BCUT2D eigenvalue weighted by Gasteiger charge is -2.31. The zero-order valence-corrected chi connectivity index (χ0v) is 13.6. The van der Waals surface area contributed by atoms with E-state index in [2.05, 4.69) is 20.1 Å². The van der Waals surface area contributed by atoms with E-state index in [0.717, 1.165) is 22.5 Å². The van der Waals surface area contributed by atoms with E-state index >= 15 is 0 Å². The Hall–Kier alpha value is -3.00. The minimum Gasteiger partial charge on any atom is -0.480 e. The van der Waals surface area contributed by atoms with Crippen molar-refractivity contribution in [1.82, 2.24) is 25.0 Å². The Balaban J connectivity index is 1.55. The van der Waals surface area contributed by atoms with Crippen molar-refractivity contribution in [2.24, 2.45) is 0 Å². The molecular formula is C17H17N5O3. The van der Waals surface area contributed by atoms with Gasteiger partial charge in [0.05, 0.1) is 24.3 Å². The summed E-state index contributed by atoms with van der Waals surface area (Å²) in [6.07, 6.45) is 1.95. The number of hydrogen-bond acceptors (Lipinski definition) is 6. The van der Waals surface area contributed by atoms with Gasteiger partial charge in [-0.1, -0.05) is 22.9 Å². The zero-order chi connectivity index (χ0) is 17.4. The standard InChI is InChI=1S/C17H17N5O3/c1-10-2-4-11(5-3-10)16-20-15(21-25-16)8-22-7-13-12(18-9-19-13)6-14(22)17(23)24/h2-5,9,14H,6-8H2,1H3,(H,18,19)(H,23,24). The van der Waals surface area contributed by atoms with E-state index in [1.165, 1.54) is 0 Å². The average Bonchev–Trinajstić information content (AvgIpc) is 3.23. The van der Waals surface area contributed by atoms with E-state index in [0.29, 0.717) is 31.2 Å². The topological polar surface area (TPSA) is 108 Å². The number of H-pyrrole nitrogens is 1. The highest BCUT2D eigenvalue weighted by atomic mass is 16.5. The molecule has 1 aromatic carbocycles. The van der Waals surface area contributed by atoms with Gasteiger partial charge < -0.3 is 14.6 Å². The molecule has 1 atom stereocenters. The third-order valence-electron chi connectivity index (χ3n) is 4.39. The normalized spacial score (nSPS) is 17.4. The maximum absolute atomic E-state index is 11.6. The van der Waals surface area contributed by atoms with Crippen LogP contribution in [0, 0.1) is 6.92 Å². The molecule has 0 saturated heterocycles. The molecule has 3 heterocycles. The summed E-state index contributed by atoms with van der Waals surface area (Å²) in [5, 5.41) is 13.5. The van der Waals surface area contributed by atoms with E-state index < -0.39 is 12.0 Å². The Labute approximate surface area is 143 Å². The molecule has 0 amide bonds. The number of rotatable bonds is 4. The smallest absolute Gasteiger partial charge is 0.321 e. The number of nitrogens with one attached hydrogen (secondary N) is 1. The highest BCUT2D eigenvalue weighted by molar-refractivity contribution is 5.74. The number of carboxylic acids is 1. The maximum Gasteiger partial charge on any atom is 0.321 e. The number of carbonyl (C=O) groups is 1. The van der Waals surface area contributed by atoms with Gasteiger partial charge in [0.2, 0.25) is 0 Å². The van der Waals surface area contributed by atoms with Crippen LogP contribution in [-0.2, 0) is 24.3 Å². The number of aliphatic carboxylic acids is 1. The van der Waals surface area contributed by atoms with Gasteiger partial charge in [-0.3, -0.25) is 9.69 Å². The van der Waals surface area contributed by atoms with Gasteiger partial charge in [-0.05, 0) is 19.1 Å². The fourth-order valence-corrected chi connectivity index (χ4v) is 3.01. The largest absolute Gasteiger partial charge is 0.480 e. The van der Waals surface area contributed by atoms with Gasteiger partial charge in [-0.2, -0.15) is 4.98 Å². The highest BCUT2D eigenvalue weighted by Gasteiger charge is 2.33. The van der Waals surface area contributed by atoms with Gasteiger partial charge in [0.25, 0.3) is 5.89 Å². The van der Waals surface area contributed by atoms with E-state index in [4.69, 9.17) is 4.52 Å². The molecule has 2 N–H and O–H groups in total. The van der Waals surface area contributed by atoms with Crippen molar-refractivity contribution in [3.05, 3.63) is 53.4 Å². The van der Waals surface area contributed by atoms with Crippen LogP contribution in [-0.4, -0.2) is 42.1 Å². The Kier molecular flexibility index (Phi) is 3.81.